The third-order valence-electron chi connectivity index (χ3n) is 3.71. The number of nitrogens with two attached hydrogens (primary N) is 1. The molecule has 0 saturated carbocycles. The van der Waals surface area contributed by atoms with Crippen LogP contribution in [0.25, 0.3) is 0 Å². The minimum Gasteiger partial charge on any atom is -0.368 e. The number of alkyl halides is 3. The first-order valence-corrected chi connectivity index (χ1v) is 8.73. The lowest BCUT2D eigenvalue weighted by Crippen LogP contribution is -2.46. The number of benzene rings is 2. The first kappa shape index (κ1) is 20.2. The molecule has 0 radical (unpaired) electrons. The third kappa shape index (κ3) is 5.72. The summed E-state index contributed by atoms with van der Waals surface area (Å²) in [6, 6.07) is 10.8. The van der Waals surface area contributed by atoms with E-state index in [0.717, 1.165) is 21.3 Å². The quantitative estimate of drug-likeness (QED) is 0.630. The lowest BCUT2D eigenvalue weighted by molar-refractivity contribution is -0.137. The smallest absolute Gasteiger partial charge is 0.368 e. The standard InChI is InChI=1S/C18H16F3IN2O2/c19-18(20,21)13-7-5-11(6-8-13)9-16(25)24-15(17(23)26)10-12-3-1-2-4-14(12)22/h1-8,15H,9-10H2,(H2,23,26)(H,24,25)/t15-/m1/s1. The van der Waals surface area contributed by atoms with E-state index in [0.29, 0.717) is 5.56 Å². The number of carbonyl (C=O) groups excluding carboxylic acids is 2. The Bertz CT molecular complexity index is 792. The Balaban J connectivity index is 2.02. The van der Waals surface area contributed by atoms with Gasteiger partial charge in [-0.15, -0.1) is 0 Å². The number of primary amides is 1. The van der Waals surface area contributed by atoms with Crippen molar-refractivity contribution in [3.63, 3.8) is 0 Å². The van der Waals surface area contributed by atoms with Crippen LogP contribution in [0.5, 0.6) is 0 Å². The number of hydrogen-bond donors (Lipinski definition) is 2. The second kappa shape index (κ2) is 8.52. The molecule has 26 heavy (non-hydrogen) atoms. The zero-order valence-electron chi connectivity index (χ0n) is 13.5. The molecule has 0 heterocycles. The molecule has 2 aromatic rings. The predicted molar refractivity (Wildman–Crippen MR) is 99.1 cm³/mol. The molecule has 0 saturated heterocycles. The van der Waals surface area contributed by atoms with E-state index in [9.17, 15) is 22.8 Å². The highest BCUT2D eigenvalue weighted by molar-refractivity contribution is 14.1. The molecule has 138 valence electrons. The molecular weight excluding hydrogens is 460 g/mol. The second-order valence-electron chi connectivity index (χ2n) is 5.69. The van der Waals surface area contributed by atoms with Gasteiger partial charge in [-0.25, -0.2) is 0 Å². The van der Waals surface area contributed by atoms with E-state index < -0.39 is 29.6 Å². The fourth-order valence-corrected chi connectivity index (χ4v) is 2.96. The van der Waals surface area contributed by atoms with E-state index in [-0.39, 0.29) is 12.8 Å². The molecule has 0 unspecified atom stereocenters. The highest BCUT2D eigenvalue weighted by Gasteiger charge is 2.30. The molecule has 0 aliphatic rings. The summed E-state index contributed by atoms with van der Waals surface area (Å²) in [5.41, 5.74) is 5.86. The zero-order valence-corrected chi connectivity index (χ0v) is 15.7. The molecule has 8 heteroatoms. The highest BCUT2D eigenvalue weighted by Crippen LogP contribution is 2.29. The molecule has 1 atom stereocenters. The van der Waals surface area contributed by atoms with Gasteiger partial charge >= 0.3 is 6.18 Å². The van der Waals surface area contributed by atoms with Crippen LogP contribution < -0.4 is 11.1 Å². The lowest BCUT2D eigenvalue weighted by Gasteiger charge is -2.16. The number of carbonyl (C=O) groups is 2. The molecule has 0 fully saturated rings. The zero-order chi connectivity index (χ0) is 19.3. The summed E-state index contributed by atoms with van der Waals surface area (Å²) in [5, 5.41) is 2.55. The van der Waals surface area contributed by atoms with E-state index in [4.69, 9.17) is 5.73 Å². The van der Waals surface area contributed by atoms with Crippen LogP contribution in [-0.2, 0) is 28.6 Å². The minimum absolute atomic E-state index is 0.145. The van der Waals surface area contributed by atoms with E-state index in [1.807, 2.05) is 24.3 Å². The first-order valence-electron chi connectivity index (χ1n) is 7.65. The van der Waals surface area contributed by atoms with Crippen LogP contribution in [-0.4, -0.2) is 17.9 Å². The van der Waals surface area contributed by atoms with Gasteiger partial charge in [0.15, 0.2) is 0 Å². The van der Waals surface area contributed by atoms with Crippen LogP contribution in [0, 0.1) is 3.57 Å². The van der Waals surface area contributed by atoms with Crippen LogP contribution in [0.2, 0.25) is 0 Å². The van der Waals surface area contributed by atoms with Crippen molar-refractivity contribution >= 4 is 34.4 Å². The van der Waals surface area contributed by atoms with Crippen LogP contribution in [0.4, 0.5) is 13.2 Å². The molecule has 0 aliphatic carbocycles. The van der Waals surface area contributed by atoms with Gasteiger partial charge in [0.25, 0.3) is 0 Å². The van der Waals surface area contributed by atoms with Gasteiger partial charge in [0.2, 0.25) is 11.8 Å². The Labute approximate surface area is 162 Å². The average molecular weight is 476 g/mol. The summed E-state index contributed by atoms with van der Waals surface area (Å²) in [4.78, 5) is 23.8. The normalized spacial score (nSPS) is 12.5. The molecule has 0 aliphatic heterocycles. The van der Waals surface area contributed by atoms with Gasteiger partial charge in [0, 0.05) is 9.99 Å². The predicted octanol–water partition coefficient (Wildman–Crippen LogP) is 3.07. The van der Waals surface area contributed by atoms with Gasteiger partial charge in [-0.1, -0.05) is 30.3 Å². The second-order valence-corrected chi connectivity index (χ2v) is 6.85. The molecule has 4 nitrogen and oxygen atoms in total. The molecule has 2 amide bonds. The summed E-state index contributed by atoms with van der Waals surface area (Å²) < 4.78 is 38.6. The van der Waals surface area contributed by atoms with Crippen molar-refractivity contribution in [1.82, 2.24) is 5.32 Å². The van der Waals surface area contributed by atoms with Crippen molar-refractivity contribution in [3.05, 3.63) is 68.8 Å². The maximum Gasteiger partial charge on any atom is 0.416 e. The summed E-state index contributed by atoms with van der Waals surface area (Å²) in [7, 11) is 0. The molecule has 0 spiro atoms. The fourth-order valence-electron chi connectivity index (χ4n) is 2.35. The van der Waals surface area contributed by atoms with Crippen LogP contribution in [0.1, 0.15) is 16.7 Å². The number of nitrogens with one attached hydrogen (secondary N) is 1. The van der Waals surface area contributed by atoms with Crippen molar-refractivity contribution in [2.75, 3.05) is 0 Å². The topological polar surface area (TPSA) is 72.2 Å². The van der Waals surface area contributed by atoms with Gasteiger partial charge < -0.3 is 11.1 Å². The van der Waals surface area contributed by atoms with Crippen LogP contribution in [0.3, 0.4) is 0 Å². The van der Waals surface area contributed by atoms with Crippen molar-refractivity contribution < 1.29 is 22.8 Å². The highest BCUT2D eigenvalue weighted by atomic mass is 127. The first-order chi connectivity index (χ1) is 12.2. The maximum absolute atomic E-state index is 12.6. The Hall–Kier alpha value is -2.10. The Morgan fingerprint density at radius 3 is 2.23 bits per heavy atom. The third-order valence-corrected chi connectivity index (χ3v) is 4.76. The molecule has 0 bridgehead atoms. The molecular formula is C18H16F3IN2O2. The van der Waals surface area contributed by atoms with E-state index in [1.54, 1.807) is 0 Å². The largest absolute Gasteiger partial charge is 0.416 e. The number of hydrogen-bond acceptors (Lipinski definition) is 2. The average Bonchev–Trinajstić information content (AvgIpc) is 2.55. The van der Waals surface area contributed by atoms with E-state index >= 15 is 0 Å². The lowest BCUT2D eigenvalue weighted by atomic mass is 10.0. The van der Waals surface area contributed by atoms with Crippen LogP contribution in [0.15, 0.2) is 48.5 Å². The Morgan fingerprint density at radius 2 is 1.69 bits per heavy atom. The van der Waals surface area contributed by atoms with Crippen molar-refractivity contribution in [1.29, 1.82) is 0 Å². The number of rotatable bonds is 6. The van der Waals surface area contributed by atoms with Gasteiger partial charge in [0.1, 0.15) is 6.04 Å². The van der Waals surface area contributed by atoms with Gasteiger partial charge in [-0.3, -0.25) is 9.59 Å². The van der Waals surface area contributed by atoms with Crippen LogP contribution >= 0.6 is 22.6 Å². The number of amides is 2. The fraction of sp³-hybridized carbons (Fsp3) is 0.222. The molecule has 3 N–H and O–H groups in total. The van der Waals surface area contributed by atoms with E-state index in [1.165, 1.54) is 12.1 Å². The number of halogens is 4. The summed E-state index contributed by atoms with van der Waals surface area (Å²) in [6.45, 7) is 0. The molecule has 0 aromatic heterocycles. The monoisotopic (exact) mass is 476 g/mol. The van der Waals surface area contributed by atoms with Crippen molar-refractivity contribution in [3.8, 4) is 0 Å². The molecule has 2 aromatic carbocycles. The van der Waals surface area contributed by atoms with Gasteiger partial charge in [0.05, 0.1) is 12.0 Å². The summed E-state index contributed by atoms with van der Waals surface area (Å²) >= 11 is 2.12. The van der Waals surface area contributed by atoms with Crippen molar-refractivity contribution in [2.24, 2.45) is 5.73 Å². The molecule has 2 rings (SSSR count). The Kier molecular flexibility index (Phi) is 6.63. The minimum atomic E-state index is -4.43. The van der Waals surface area contributed by atoms with Gasteiger partial charge in [-0.05, 0) is 51.9 Å². The SMILES string of the molecule is NC(=O)[C@@H](Cc1ccccc1I)NC(=O)Cc1ccc(C(F)(F)F)cc1. The summed E-state index contributed by atoms with van der Waals surface area (Å²) in [5.74, 6) is -1.16. The maximum atomic E-state index is 12.6. The van der Waals surface area contributed by atoms with Crippen molar-refractivity contribution in [2.45, 2.75) is 25.1 Å². The summed E-state index contributed by atoms with van der Waals surface area (Å²) in [6.07, 6.45) is -4.33. The van der Waals surface area contributed by atoms with Gasteiger partial charge in [-0.2, -0.15) is 13.2 Å². The van der Waals surface area contributed by atoms with E-state index in [2.05, 4.69) is 27.9 Å². The Morgan fingerprint density at radius 1 is 1.08 bits per heavy atom.